The number of aryl methyl sites for hydroxylation is 1. The first-order chi connectivity index (χ1) is 8.24. The van der Waals surface area contributed by atoms with Crippen LogP contribution in [-0.4, -0.2) is 40.9 Å². The van der Waals surface area contributed by atoms with Crippen molar-refractivity contribution in [1.29, 1.82) is 0 Å². The molecular formula is C13H24N4. The van der Waals surface area contributed by atoms with Crippen molar-refractivity contribution in [3.63, 3.8) is 0 Å². The van der Waals surface area contributed by atoms with E-state index in [-0.39, 0.29) is 0 Å². The summed E-state index contributed by atoms with van der Waals surface area (Å²) in [4.78, 5) is 2.57. The maximum absolute atomic E-state index is 4.16. The average molecular weight is 236 g/mol. The van der Waals surface area contributed by atoms with Gasteiger partial charge in [-0.15, -0.1) is 0 Å². The van der Waals surface area contributed by atoms with Gasteiger partial charge >= 0.3 is 0 Å². The van der Waals surface area contributed by atoms with Gasteiger partial charge in [-0.25, -0.2) is 0 Å². The van der Waals surface area contributed by atoms with Crippen molar-refractivity contribution in [2.75, 3.05) is 26.2 Å². The third kappa shape index (κ3) is 4.13. The molecule has 1 fully saturated rings. The van der Waals surface area contributed by atoms with Crippen molar-refractivity contribution in [2.24, 2.45) is 13.0 Å². The molecule has 0 saturated carbocycles. The number of hydrogen-bond acceptors (Lipinski definition) is 3. The van der Waals surface area contributed by atoms with Gasteiger partial charge in [0.1, 0.15) is 0 Å². The van der Waals surface area contributed by atoms with Crippen LogP contribution in [0.25, 0.3) is 0 Å². The minimum atomic E-state index is 0.926. The second-order valence-electron chi connectivity index (χ2n) is 5.22. The smallest absolute Gasteiger partial charge is 0.0534 e. The van der Waals surface area contributed by atoms with Crippen LogP contribution < -0.4 is 5.32 Å². The van der Waals surface area contributed by atoms with E-state index < -0.39 is 0 Å². The molecule has 1 aromatic heterocycles. The fraction of sp³-hybridized carbons (Fsp3) is 0.769. The van der Waals surface area contributed by atoms with Gasteiger partial charge in [0.2, 0.25) is 0 Å². The summed E-state index contributed by atoms with van der Waals surface area (Å²) in [6.07, 6.45) is 6.72. The molecule has 2 heterocycles. The highest BCUT2D eigenvalue weighted by atomic mass is 15.2. The number of likely N-dealkylation sites (tertiary alicyclic amines) is 1. The summed E-state index contributed by atoms with van der Waals surface area (Å²) in [5.74, 6) is 0.926. The SMILES string of the molecule is CC1CCN(CCNCc2cnn(C)c2)CC1. The molecule has 0 bridgehead atoms. The molecule has 0 aromatic carbocycles. The molecule has 1 aromatic rings. The van der Waals surface area contributed by atoms with Gasteiger partial charge < -0.3 is 10.2 Å². The van der Waals surface area contributed by atoms with Crippen LogP contribution >= 0.6 is 0 Å². The van der Waals surface area contributed by atoms with E-state index in [1.165, 1.54) is 38.0 Å². The number of nitrogens with zero attached hydrogens (tertiary/aromatic N) is 3. The molecule has 1 aliphatic heterocycles. The first-order valence-corrected chi connectivity index (χ1v) is 6.64. The predicted molar refractivity (Wildman–Crippen MR) is 69.8 cm³/mol. The van der Waals surface area contributed by atoms with Crippen molar-refractivity contribution in [1.82, 2.24) is 20.0 Å². The minimum absolute atomic E-state index is 0.926. The van der Waals surface area contributed by atoms with Crippen molar-refractivity contribution in [2.45, 2.75) is 26.3 Å². The third-order valence-electron chi connectivity index (χ3n) is 3.57. The Hall–Kier alpha value is -0.870. The van der Waals surface area contributed by atoms with Crippen LogP contribution in [0.3, 0.4) is 0 Å². The van der Waals surface area contributed by atoms with Gasteiger partial charge in [0, 0.05) is 38.4 Å². The zero-order valence-corrected chi connectivity index (χ0v) is 11.0. The molecule has 17 heavy (non-hydrogen) atoms. The van der Waals surface area contributed by atoms with Crippen LogP contribution in [0.1, 0.15) is 25.3 Å². The molecule has 0 radical (unpaired) electrons. The molecule has 96 valence electrons. The molecule has 1 N–H and O–H groups in total. The topological polar surface area (TPSA) is 33.1 Å². The zero-order valence-electron chi connectivity index (χ0n) is 11.0. The predicted octanol–water partition coefficient (Wildman–Crippen LogP) is 1.24. The maximum atomic E-state index is 4.16. The molecular weight excluding hydrogens is 212 g/mol. The van der Waals surface area contributed by atoms with Crippen LogP contribution in [0.4, 0.5) is 0 Å². The van der Waals surface area contributed by atoms with E-state index in [9.17, 15) is 0 Å². The van der Waals surface area contributed by atoms with E-state index in [1.807, 2.05) is 17.9 Å². The van der Waals surface area contributed by atoms with Gasteiger partial charge in [0.05, 0.1) is 6.20 Å². The summed E-state index contributed by atoms with van der Waals surface area (Å²) >= 11 is 0. The second kappa shape index (κ2) is 6.17. The number of piperidine rings is 1. The van der Waals surface area contributed by atoms with E-state index in [0.717, 1.165) is 19.0 Å². The molecule has 4 nitrogen and oxygen atoms in total. The van der Waals surface area contributed by atoms with Crippen molar-refractivity contribution in [3.05, 3.63) is 18.0 Å². The van der Waals surface area contributed by atoms with Gasteiger partial charge in [-0.05, 0) is 31.8 Å². The molecule has 0 atom stereocenters. The highest BCUT2D eigenvalue weighted by molar-refractivity contribution is 5.02. The Labute approximate surface area is 104 Å². The van der Waals surface area contributed by atoms with Gasteiger partial charge in [-0.2, -0.15) is 5.10 Å². The fourth-order valence-electron chi connectivity index (χ4n) is 2.32. The Morgan fingerprint density at radius 2 is 2.18 bits per heavy atom. The highest BCUT2D eigenvalue weighted by Gasteiger charge is 2.14. The molecule has 4 heteroatoms. The Morgan fingerprint density at radius 1 is 1.41 bits per heavy atom. The number of hydrogen-bond donors (Lipinski definition) is 1. The molecule has 1 saturated heterocycles. The number of nitrogens with one attached hydrogen (secondary N) is 1. The number of aromatic nitrogens is 2. The lowest BCUT2D eigenvalue weighted by Crippen LogP contribution is -2.37. The quantitative estimate of drug-likeness (QED) is 0.781. The second-order valence-corrected chi connectivity index (χ2v) is 5.22. The standard InChI is InChI=1S/C13H24N4/c1-12-3-6-17(7-4-12)8-5-14-9-13-10-15-16(2)11-13/h10-12,14H,3-9H2,1-2H3. The largest absolute Gasteiger partial charge is 0.311 e. The Kier molecular flexibility index (Phi) is 4.57. The van der Waals surface area contributed by atoms with Gasteiger partial charge in [0.15, 0.2) is 0 Å². The Balaban J connectivity index is 1.57. The maximum Gasteiger partial charge on any atom is 0.0534 e. The Morgan fingerprint density at radius 3 is 2.82 bits per heavy atom. The lowest BCUT2D eigenvalue weighted by atomic mass is 9.99. The van der Waals surface area contributed by atoms with Crippen molar-refractivity contribution < 1.29 is 0 Å². The highest BCUT2D eigenvalue weighted by Crippen LogP contribution is 2.15. The lowest BCUT2D eigenvalue weighted by molar-refractivity contribution is 0.193. The molecule has 0 aliphatic carbocycles. The fourth-order valence-corrected chi connectivity index (χ4v) is 2.32. The summed E-state index contributed by atoms with van der Waals surface area (Å²) in [5, 5.41) is 7.64. The van der Waals surface area contributed by atoms with Crippen molar-refractivity contribution in [3.8, 4) is 0 Å². The summed E-state index contributed by atoms with van der Waals surface area (Å²) < 4.78 is 1.85. The van der Waals surface area contributed by atoms with Crippen LogP contribution in [-0.2, 0) is 13.6 Å². The Bertz CT molecular complexity index is 326. The van der Waals surface area contributed by atoms with Gasteiger partial charge in [-0.3, -0.25) is 4.68 Å². The zero-order chi connectivity index (χ0) is 12.1. The van der Waals surface area contributed by atoms with E-state index in [1.54, 1.807) is 0 Å². The summed E-state index contributed by atoms with van der Waals surface area (Å²) in [6.45, 7) is 8.08. The minimum Gasteiger partial charge on any atom is -0.311 e. The normalized spacial score (nSPS) is 18.7. The lowest BCUT2D eigenvalue weighted by Gasteiger charge is -2.30. The van der Waals surface area contributed by atoms with E-state index >= 15 is 0 Å². The van der Waals surface area contributed by atoms with Crippen molar-refractivity contribution >= 4 is 0 Å². The van der Waals surface area contributed by atoms with Gasteiger partial charge in [-0.1, -0.05) is 6.92 Å². The summed E-state index contributed by atoms with van der Waals surface area (Å²) in [6, 6.07) is 0. The van der Waals surface area contributed by atoms with Gasteiger partial charge in [0.25, 0.3) is 0 Å². The number of rotatable bonds is 5. The van der Waals surface area contributed by atoms with E-state index in [2.05, 4.69) is 28.4 Å². The molecule has 0 unspecified atom stereocenters. The van der Waals surface area contributed by atoms with Crippen LogP contribution in [0.15, 0.2) is 12.4 Å². The first kappa shape index (κ1) is 12.6. The van der Waals surface area contributed by atoms with Crippen LogP contribution in [0.5, 0.6) is 0 Å². The van der Waals surface area contributed by atoms with Crippen LogP contribution in [0.2, 0.25) is 0 Å². The molecule has 0 amide bonds. The molecule has 2 rings (SSSR count). The van der Waals surface area contributed by atoms with E-state index in [0.29, 0.717) is 0 Å². The van der Waals surface area contributed by atoms with Crippen LogP contribution in [0, 0.1) is 5.92 Å². The third-order valence-corrected chi connectivity index (χ3v) is 3.57. The summed E-state index contributed by atoms with van der Waals surface area (Å²) in [5.41, 5.74) is 1.26. The summed E-state index contributed by atoms with van der Waals surface area (Å²) in [7, 11) is 1.96. The monoisotopic (exact) mass is 236 g/mol. The first-order valence-electron chi connectivity index (χ1n) is 6.64. The average Bonchev–Trinajstić information content (AvgIpc) is 2.73. The van der Waals surface area contributed by atoms with E-state index in [4.69, 9.17) is 0 Å². The molecule has 0 spiro atoms. The molecule has 1 aliphatic rings.